The molecule has 2 rings (SSSR count). The summed E-state index contributed by atoms with van der Waals surface area (Å²) in [5.41, 5.74) is 1.30. The predicted molar refractivity (Wildman–Crippen MR) is 85.3 cm³/mol. The van der Waals surface area contributed by atoms with Gasteiger partial charge in [0.2, 0.25) is 0 Å². The fourth-order valence-corrected chi connectivity index (χ4v) is 2.84. The van der Waals surface area contributed by atoms with Crippen LogP contribution < -0.4 is 0 Å². The van der Waals surface area contributed by atoms with Crippen LogP contribution in [0.2, 0.25) is 0 Å². The number of carbonyl (C=O) groups is 1. The molecule has 106 valence electrons. The summed E-state index contributed by atoms with van der Waals surface area (Å²) in [5, 5.41) is 1.96. The van der Waals surface area contributed by atoms with Crippen molar-refractivity contribution in [1.29, 1.82) is 0 Å². The zero-order valence-electron chi connectivity index (χ0n) is 12.1. The fraction of sp³-hybridized carbons (Fsp3) is 0.353. The van der Waals surface area contributed by atoms with E-state index in [9.17, 15) is 4.79 Å². The van der Waals surface area contributed by atoms with Gasteiger partial charge in [0.1, 0.15) is 0 Å². The Labute approximate surface area is 125 Å². The van der Waals surface area contributed by atoms with E-state index in [1.165, 1.54) is 16.9 Å². The first-order valence-corrected chi connectivity index (χ1v) is 7.89. The topological polar surface area (TPSA) is 20.3 Å². The van der Waals surface area contributed by atoms with Gasteiger partial charge < -0.3 is 0 Å². The van der Waals surface area contributed by atoms with Gasteiger partial charge in [-0.15, -0.1) is 11.3 Å². The van der Waals surface area contributed by atoms with Crippen molar-refractivity contribution in [2.24, 2.45) is 0 Å². The normalized spacial score (nSPS) is 11.2. The van der Waals surface area contributed by atoms with Crippen LogP contribution in [-0.2, 0) is 6.54 Å². The van der Waals surface area contributed by atoms with Crippen molar-refractivity contribution in [3.8, 4) is 0 Å². The maximum absolute atomic E-state index is 12.1. The number of benzene rings is 1. The van der Waals surface area contributed by atoms with Crippen LogP contribution in [-0.4, -0.2) is 23.3 Å². The van der Waals surface area contributed by atoms with E-state index in [0.717, 1.165) is 18.0 Å². The Balaban J connectivity index is 1.91. The minimum absolute atomic E-state index is 0.249. The van der Waals surface area contributed by atoms with Crippen LogP contribution in [0.15, 0.2) is 47.8 Å². The second kappa shape index (κ2) is 7.36. The summed E-state index contributed by atoms with van der Waals surface area (Å²) in [6, 6.07) is 14.7. The van der Waals surface area contributed by atoms with Crippen molar-refractivity contribution in [1.82, 2.24) is 4.90 Å². The molecule has 0 aliphatic rings. The van der Waals surface area contributed by atoms with Crippen LogP contribution in [0.1, 0.15) is 35.5 Å². The molecule has 2 nitrogen and oxygen atoms in total. The summed E-state index contributed by atoms with van der Waals surface area (Å²) in [4.78, 5) is 15.3. The summed E-state index contributed by atoms with van der Waals surface area (Å²) >= 11 is 1.53. The fourth-order valence-electron chi connectivity index (χ4n) is 2.14. The summed E-state index contributed by atoms with van der Waals surface area (Å²) in [6.45, 7) is 6.07. The number of nitrogens with zero attached hydrogens (tertiary/aromatic N) is 1. The van der Waals surface area contributed by atoms with Crippen LogP contribution in [0.25, 0.3) is 0 Å². The lowest BCUT2D eigenvalue weighted by molar-refractivity contribution is 0.0956. The largest absolute Gasteiger partial charge is 0.296 e. The Hall–Kier alpha value is -1.45. The van der Waals surface area contributed by atoms with Gasteiger partial charge in [-0.25, -0.2) is 0 Å². The highest BCUT2D eigenvalue weighted by atomic mass is 32.1. The third-order valence-corrected chi connectivity index (χ3v) is 4.29. The molecule has 1 aromatic carbocycles. The molecule has 0 aliphatic heterocycles. The van der Waals surface area contributed by atoms with Gasteiger partial charge in [-0.3, -0.25) is 9.69 Å². The second-order valence-corrected chi connectivity index (χ2v) is 6.15. The average Bonchev–Trinajstić information content (AvgIpc) is 2.98. The van der Waals surface area contributed by atoms with E-state index < -0.39 is 0 Å². The summed E-state index contributed by atoms with van der Waals surface area (Å²) in [7, 11) is 0. The summed E-state index contributed by atoms with van der Waals surface area (Å²) in [6.07, 6.45) is 0.589. The standard InChI is InChI=1S/C17H21NOS/c1-14(2)18(13-15-7-4-3-5-8-15)11-10-16(19)17-9-6-12-20-17/h3-9,12,14H,10-11,13H2,1-2H3. The number of carbonyl (C=O) groups excluding carboxylic acids is 1. The Morgan fingerprint density at radius 1 is 1.15 bits per heavy atom. The molecule has 0 saturated carbocycles. The lowest BCUT2D eigenvalue weighted by Crippen LogP contribution is -2.32. The summed E-state index contributed by atoms with van der Waals surface area (Å²) in [5.74, 6) is 0.249. The van der Waals surface area contributed by atoms with Crippen LogP contribution in [0, 0.1) is 0 Å². The molecule has 1 aromatic heterocycles. The van der Waals surface area contributed by atoms with E-state index in [-0.39, 0.29) is 5.78 Å². The lowest BCUT2D eigenvalue weighted by Gasteiger charge is -2.26. The van der Waals surface area contributed by atoms with Crippen LogP contribution in [0.4, 0.5) is 0 Å². The number of thiophene rings is 1. The van der Waals surface area contributed by atoms with Gasteiger partial charge in [-0.1, -0.05) is 36.4 Å². The quantitative estimate of drug-likeness (QED) is 0.710. The Bertz CT molecular complexity index is 519. The molecular formula is C17H21NOS. The number of hydrogen-bond acceptors (Lipinski definition) is 3. The molecule has 0 spiro atoms. The van der Waals surface area contributed by atoms with Crippen molar-refractivity contribution in [2.75, 3.05) is 6.54 Å². The molecule has 20 heavy (non-hydrogen) atoms. The molecule has 0 atom stereocenters. The highest BCUT2D eigenvalue weighted by molar-refractivity contribution is 7.12. The minimum Gasteiger partial charge on any atom is -0.296 e. The number of ketones is 1. The molecule has 0 unspecified atom stereocenters. The molecule has 0 fully saturated rings. The first kappa shape index (κ1) is 14.9. The van der Waals surface area contributed by atoms with E-state index in [4.69, 9.17) is 0 Å². The van der Waals surface area contributed by atoms with Gasteiger partial charge in [0.05, 0.1) is 4.88 Å². The van der Waals surface area contributed by atoms with E-state index in [1.807, 2.05) is 23.6 Å². The van der Waals surface area contributed by atoms with E-state index >= 15 is 0 Å². The van der Waals surface area contributed by atoms with E-state index in [0.29, 0.717) is 12.5 Å². The van der Waals surface area contributed by atoms with Gasteiger partial charge in [0.15, 0.2) is 5.78 Å². The van der Waals surface area contributed by atoms with Crippen molar-refractivity contribution >= 4 is 17.1 Å². The highest BCUT2D eigenvalue weighted by Gasteiger charge is 2.13. The van der Waals surface area contributed by atoms with Gasteiger partial charge in [-0.2, -0.15) is 0 Å². The molecule has 0 saturated heterocycles. The predicted octanol–water partition coefficient (Wildman–Crippen LogP) is 4.23. The molecule has 0 amide bonds. The van der Waals surface area contributed by atoms with Crippen LogP contribution in [0.5, 0.6) is 0 Å². The van der Waals surface area contributed by atoms with Gasteiger partial charge >= 0.3 is 0 Å². The monoisotopic (exact) mass is 287 g/mol. The molecule has 3 heteroatoms. The van der Waals surface area contributed by atoms with Crippen molar-refractivity contribution < 1.29 is 4.79 Å². The van der Waals surface area contributed by atoms with Gasteiger partial charge in [-0.05, 0) is 30.9 Å². The maximum Gasteiger partial charge on any atom is 0.174 e. The number of rotatable bonds is 7. The lowest BCUT2D eigenvalue weighted by atomic mass is 10.1. The van der Waals surface area contributed by atoms with Crippen molar-refractivity contribution in [3.05, 3.63) is 58.3 Å². The van der Waals surface area contributed by atoms with Gasteiger partial charge in [0, 0.05) is 25.6 Å². The molecule has 0 aliphatic carbocycles. The summed E-state index contributed by atoms with van der Waals surface area (Å²) < 4.78 is 0. The Morgan fingerprint density at radius 2 is 1.90 bits per heavy atom. The SMILES string of the molecule is CC(C)N(CCC(=O)c1cccs1)Cc1ccccc1. The zero-order valence-corrected chi connectivity index (χ0v) is 12.9. The Kier molecular flexibility index (Phi) is 5.50. The maximum atomic E-state index is 12.1. The molecular weight excluding hydrogens is 266 g/mol. The van der Waals surface area contributed by atoms with Crippen LogP contribution in [0.3, 0.4) is 0 Å². The first-order chi connectivity index (χ1) is 9.66. The highest BCUT2D eigenvalue weighted by Crippen LogP contribution is 2.14. The van der Waals surface area contributed by atoms with E-state index in [1.54, 1.807) is 0 Å². The second-order valence-electron chi connectivity index (χ2n) is 5.20. The zero-order chi connectivity index (χ0) is 14.4. The van der Waals surface area contributed by atoms with Crippen molar-refractivity contribution in [2.45, 2.75) is 32.9 Å². The third-order valence-electron chi connectivity index (χ3n) is 3.38. The third kappa shape index (κ3) is 4.29. The Morgan fingerprint density at radius 3 is 2.50 bits per heavy atom. The van der Waals surface area contributed by atoms with Gasteiger partial charge in [0.25, 0.3) is 0 Å². The molecule has 0 radical (unpaired) electrons. The average molecular weight is 287 g/mol. The first-order valence-electron chi connectivity index (χ1n) is 7.01. The molecule has 0 bridgehead atoms. The number of hydrogen-bond donors (Lipinski definition) is 0. The number of Topliss-reactive ketones (excluding diaryl/α,β-unsaturated/α-hetero) is 1. The molecule has 0 N–H and O–H groups in total. The molecule has 2 aromatic rings. The molecule has 1 heterocycles. The smallest absolute Gasteiger partial charge is 0.174 e. The minimum atomic E-state index is 0.249. The van der Waals surface area contributed by atoms with E-state index in [2.05, 4.69) is 43.0 Å². The van der Waals surface area contributed by atoms with Crippen molar-refractivity contribution in [3.63, 3.8) is 0 Å². The van der Waals surface area contributed by atoms with Crippen LogP contribution >= 0.6 is 11.3 Å².